The van der Waals surface area contributed by atoms with Crippen molar-refractivity contribution in [1.82, 2.24) is 10.0 Å². The zero-order chi connectivity index (χ0) is 15.5. The summed E-state index contributed by atoms with van der Waals surface area (Å²) in [6.45, 7) is 1.63. The Kier molecular flexibility index (Phi) is 4.83. The number of nitro groups is 1. The SMILES string of the molecule is O=[N+]([O-])c1cc(S(=O)(=O)NCC2COCCN2)ccc1F. The maximum atomic E-state index is 13.2. The van der Waals surface area contributed by atoms with Gasteiger partial charge in [-0.2, -0.15) is 4.39 Å². The normalized spacial score (nSPS) is 19.4. The maximum absolute atomic E-state index is 13.2. The molecule has 1 atom stereocenters. The second kappa shape index (κ2) is 6.43. The Morgan fingerprint density at radius 1 is 1.52 bits per heavy atom. The van der Waals surface area contributed by atoms with Crippen LogP contribution in [0.3, 0.4) is 0 Å². The van der Waals surface area contributed by atoms with Crippen molar-refractivity contribution in [2.75, 3.05) is 26.3 Å². The molecule has 2 N–H and O–H groups in total. The Balaban J connectivity index is 2.11. The first-order valence-electron chi connectivity index (χ1n) is 6.15. The topological polar surface area (TPSA) is 111 Å². The summed E-state index contributed by atoms with van der Waals surface area (Å²) in [5.41, 5.74) is -0.878. The number of nitrogens with one attached hydrogen (secondary N) is 2. The number of hydrogen-bond acceptors (Lipinski definition) is 6. The van der Waals surface area contributed by atoms with E-state index < -0.39 is 26.5 Å². The average molecular weight is 319 g/mol. The minimum atomic E-state index is -3.95. The van der Waals surface area contributed by atoms with Crippen molar-refractivity contribution in [1.29, 1.82) is 0 Å². The van der Waals surface area contributed by atoms with Gasteiger partial charge in [-0.15, -0.1) is 0 Å². The number of nitro benzene ring substituents is 1. The Morgan fingerprint density at radius 3 is 2.90 bits per heavy atom. The summed E-state index contributed by atoms with van der Waals surface area (Å²) in [7, 11) is -3.95. The van der Waals surface area contributed by atoms with Crippen molar-refractivity contribution in [3.05, 3.63) is 34.1 Å². The predicted molar refractivity (Wildman–Crippen MR) is 70.9 cm³/mol. The Morgan fingerprint density at radius 2 is 2.29 bits per heavy atom. The second-order valence-corrected chi connectivity index (χ2v) is 6.22. The number of ether oxygens (including phenoxy) is 1. The fourth-order valence-corrected chi connectivity index (χ4v) is 2.95. The van der Waals surface area contributed by atoms with Gasteiger partial charge in [0.15, 0.2) is 0 Å². The lowest BCUT2D eigenvalue weighted by atomic mass is 10.3. The van der Waals surface area contributed by atoms with Crippen LogP contribution in [0.25, 0.3) is 0 Å². The van der Waals surface area contributed by atoms with E-state index in [0.29, 0.717) is 25.8 Å². The van der Waals surface area contributed by atoms with Crippen LogP contribution in [0.2, 0.25) is 0 Å². The molecular weight excluding hydrogens is 305 g/mol. The van der Waals surface area contributed by atoms with Crippen LogP contribution in [0.15, 0.2) is 23.1 Å². The first-order chi connectivity index (χ1) is 9.90. The summed E-state index contributed by atoms with van der Waals surface area (Å²) in [5, 5.41) is 13.7. The molecule has 0 aromatic heterocycles. The molecule has 1 aromatic rings. The highest BCUT2D eigenvalue weighted by Gasteiger charge is 2.23. The molecule has 1 aliphatic rings. The smallest absolute Gasteiger partial charge is 0.306 e. The predicted octanol–water partition coefficient (Wildman–Crippen LogP) is 0.000600. The largest absolute Gasteiger partial charge is 0.378 e. The Labute approximate surface area is 120 Å². The van der Waals surface area contributed by atoms with Crippen LogP contribution >= 0.6 is 0 Å². The van der Waals surface area contributed by atoms with Gasteiger partial charge in [0.05, 0.1) is 23.0 Å². The molecule has 1 saturated heterocycles. The lowest BCUT2D eigenvalue weighted by Crippen LogP contribution is -2.48. The summed E-state index contributed by atoms with van der Waals surface area (Å²) in [6.07, 6.45) is 0. The van der Waals surface area contributed by atoms with Crippen LogP contribution in [-0.4, -0.2) is 45.7 Å². The number of nitrogens with zero attached hydrogens (tertiary/aromatic N) is 1. The van der Waals surface area contributed by atoms with Crippen molar-refractivity contribution in [2.24, 2.45) is 0 Å². The summed E-state index contributed by atoms with van der Waals surface area (Å²) in [4.78, 5) is 9.31. The van der Waals surface area contributed by atoms with Crippen LogP contribution in [0.1, 0.15) is 0 Å². The third-order valence-corrected chi connectivity index (χ3v) is 4.36. The molecule has 0 amide bonds. The van der Waals surface area contributed by atoms with E-state index >= 15 is 0 Å². The number of rotatable bonds is 5. The monoisotopic (exact) mass is 319 g/mol. The van der Waals surface area contributed by atoms with Crippen molar-refractivity contribution >= 4 is 15.7 Å². The van der Waals surface area contributed by atoms with Crippen LogP contribution in [0, 0.1) is 15.9 Å². The highest BCUT2D eigenvalue weighted by molar-refractivity contribution is 7.89. The lowest BCUT2D eigenvalue weighted by Gasteiger charge is -2.23. The van der Waals surface area contributed by atoms with Crippen LogP contribution in [-0.2, 0) is 14.8 Å². The minimum Gasteiger partial charge on any atom is -0.378 e. The highest BCUT2D eigenvalue weighted by atomic mass is 32.2. The molecule has 1 fully saturated rings. The van der Waals surface area contributed by atoms with Crippen LogP contribution < -0.4 is 10.0 Å². The molecule has 0 spiro atoms. The minimum absolute atomic E-state index is 0.0769. The third-order valence-electron chi connectivity index (χ3n) is 2.94. The van der Waals surface area contributed by atoms with Gasteiger partial charge < -0.3 is 10.1 Å². The summed E-state index contributed by atoms with van der Waals surface area (Å²) in [5.74, 6) is -1.08. The standard InChI is InChI=1S/C11H14FN3O5S/c12-10-2-1-9(5-11(10)15(16)17)21(18,19)14-6-8-7-20-4-3-13-8/h1-2,5,8,13-14H,3-4,6-7H2. The number of sulfonamides is 1. The van der Waals surface area contributed by atoms with Gasteiger partial charge in [-0.25, -0.2) is 13.1 Å². The molecule has 116 valence electrons. The summed E-state index contributed by atoms with van der Waals surface area (Å²) in [6, 6.07) is 2.26. The Bertz CT molecular complexity index is 631. The fourth-order valence-electron chi connectivity index (χ4n) is 1.84. The van der Waals surface area contributed by atoms with E-state index in [2.05, 4.69) is 10.0 Å². The summed E-state index contributed by atoms with van der Waals surface area (Å²) < 4.78 is 44.8. The number of morpholine rings is 1. The van der Waals surface area contributed by atoms with Gasteiger partial charge in [-0.1, -0.05) is 0 Å². The second-order valence-electron chi connectivity index (χ2n) is 4.45. The quantitative estimate of drug-likeness (QED) is 0.584. The van der Waals surface area contributed by atoms with Crippen molar-refractivity contribution in [2.45, 2.75) is 10.9 Å². The van der Waals surface area contributed by atoms with Gasteiger partial charge >= 0.3 is 5.69 Å². The summed E-state index contributed by atoms with van der Waals surface area (Å²) >= 11 is 0. The molecule has 1 aromatic carbocycles. The van der Waals surface area contributed by atoms with E-state index in [-0.39, 0.29) is 17.5 Å². The zero-order valence-electron chi connectivity index (χ0n) is 10.9. The van der Waals surface area contributed by atoms with E-state index in [0.717, 1.165) is 12.1 Å². The van der Waals surface area contributed by atoms with E-state index in [9.17, 15) is 22.9 Å². The number of benzene rings is 1. The molecule has 21 heavy (non-hydrogen) atoms. The van der Waals surface area contributed by atoms with Gasteiger partial charge in [0.2, 0.25) is 15.8 Å². The molecule has 0 aliphatic carbocycles. The Hall–Kier alpha value is -1.62. The first kappa shape index (κ1) is 15.8. The molecular formula is C11H14FN3O5S. The average Bonchev–Trinajstić information content (AvgIpc) is 2.46. The molecule has 0 bridgehead atoms. The van der Waals surface area contributed by atoms with Gasteiger partial charge in [0.1, 0.15) is 0 Å². The molecule has 1 heterocycles. The number of hydrogen-bond donors (Lipinski definition) is 2. The molecule has 8 nitrogen and oxygen atoms in total. The van der Waals surface area contributed by atoms with Gasteiger partial charge in [0.25, 0.3) is 0 Å². The lowest BCUT2D eigenvalue weighted by molar-refractivity contribution is -0.387. The van der Waals surface area contributed by atoms with Crippen molar-refractivity contribution < 1.29 is 22.5 Å². The molecule has 1 unspecified atom stereocenters. The molecule has 0 saturated carbocycles. The van der Waals surface area contributed by atoms with Gasteiger partial charge in [0, 0.05) is 25.2 Å². The molecule has 0 radical (unpaired) electrons. The van der Waals surface area contributed by atoms with E-state index in [4.69, 9.17) is 4.74 Å². The first-order valence-corrected chi connectivity index (χ1v) is 7.63. The molecule has 10 heteroatoms. The van der Waals surface area contributed by atoms with E-state index in [1.807, 2.05) is 0 Å². The maximum Gasteiger partial charge on any atom is 0.306 e. The van der Waals surface area contributed by atoms with Gasteiger partial charge in [-0.3, -0.25) is 10.1 Å². The molecule has 1 aliphatic heterocycles. The number of halogens is 1. The third kappa shape index (κ3) is 3.94. The molecule has 2 rings (SSSR count). The highest BCUT2D eigenvalue weighted by Crippen LogP contribution is 2.21. The fraction of sp³-hybridized carbons (Fsp3) is 0.455. The van der Waals surface area contributed by atoms with Crippen LogP contribution in [0.5, 0.6) is 0 Å². The van der Waals surface area contributed by atoms with Crippen molar-refractivity contribution in [3.63, 3.8) is 0 Å². The van der Waals surface area contributed by atoms with Gasteiger partial charge in [-0.05, 0) is 12.1 Å². The van der Waals surface area contributed by atoms with E-state index in [1.165, 1.54) is 0 Å². The zero-order valence-corrected chi connectivity index (χ0v) is 11.7. The van der Waals surface area contributed by atoms with E-state index in [1.54, 1.807) is 0 Å². The van der Waals surface area contributed by atoms with Crippen LogP contribution in [0.4, 0.5) is 10.1 Å². The van der Waals surface area contributed by atoms with Crippen molar-refractivity contribution in [3.8, 4) is 0 Å².